The minimum Gasteiger partial charge on any atom is -0.341 e. The number of fused-ring (bicyclic) bond motifs is 1. The molecule has 6 heteroatoms. The van der Waals surface area contributed by atoms with E-state index in [4.69, 9.17) is 5.73 Å². The molecule has 0 aliphatic heterocycles. The molecule has 0 saturated heterocycles. The number of nitrogens with two attached hydrogens (primary N) is 1. The van der Waals surface area contributed by atoms with Gasteiger partial charge in [-0.05, 0) is 62.3 Å². The monoisotopic (exact) mass is 408 g/mol. The maximum Gasteiger partial charge on any atom is 0.319 e. The normalized spacial score (nSPS) is 22.7. The fourth-order valence-corrected chi connectivity index (χ4v) is 4.69. The summed E-state index contributed by atoms with van der Waals surface area (Å²) in [4.78, 5) is 27.1. The van der Waals surface area contributed by atoms with Crippen LogP contribution in [0.25, 0.3) is 10.8 Å². The number of amides is 3. The number of nitrogens with zero attached hydrogens (tertiary/aromatic N) is 1. The van der Waals surface area contributed by atoms with Crippen molar-refractivity contribution in [1.82, 2.24) is 10.2 Å². The summed E-state index contributed by atoms with van der Waals surface area (Å²) in [6.07, 6.45) is 6.82. The molecule has 0 unspecified atom stereocenters. The standard InChI is InChI=1S/C24H32N4O2/c1-28(19-8-5-9-19)23(29)22(25)17-12-14-18(15-13-17)26-24(30)27-21-11-4-7-16-6-2-3-10-20(16)21/h2-4,6-7,10-11,17-19,22H,5,8-9,12-15,25H2,1H3,(H2,26,27,30)/t17?,18?,22-/m0/s1. The van der Waals surface area contributed by atoms with Crippen molar-refractivity contribution in [2.24, 2.45) is 11.7 Å². The number of anilines is 1. The van der Waals surface area contributed by atoms with Gasteiger partial charge in [0.25, 0.3) is 0 Å². The number of benzene rings is 2. The van der Waals surface area contributed by atoms with Gasteiger partial charge < -0.3 is 21.3 Å². The van der Waals surface area contributed by atoms with E-state index in [0.717, 1.165) is 55.0 Å². The van der Waals surface area contributed by atoms with Gasteiger partial charge in [-0.15, -0.1) is 0 Å². The minimum absolute atomic E-state index is 0.0739. The SMILES string of the molecule is CN(C(=O)[C@@H](N)C1CCC(NC(=O)Nc2cccc3ccccc23)CC1)C1CCC1. The van der Waals surface area contributed by atoms with E-state index in [1.807, 2.05) is 54.4 Å². The van der Waals surface area contributed by atoms with Gasteiger partial charge in [0.05, 0.1) is 11.7 Å². The summed E-state index contributed by atoms with van der Waals surface area (Å²) in [5.74, 6) is 0.268. The van der Waals surface area contributed by atoms with Crippen LogP contribution in [0.4, 0.5) is 10.5 Å². The fourth-order valence-electron chi connectivity index (χ4n) is 4.69. The first kappa shape index (κ1) is 20.7. The lowest BCUT2D eigenvalue weighted by Gasteiger charge is -2.38. The largest absolute Gasteiger partial charge is 0.341 e. The lowest BCUT2D eigenvalue weighted by molar-refractivity contribution is -0.136. The molecule has 6 nitrogen and oxygen atoms in total. The Bertz CT molecular complexity index is 898. The van der Waals surface area contributed by atoms with Gasteiger partial charge in [-0.1, -0.05) is 36.4 Å². The van der Waals surface area contributed by atoms with Crippen LogP contribution < -0.4 is 16.4 Å². The van der Waals surface area contributed by atoms with Crippen LogP contribution in [-0.4, -0.2) is 42.0 Å². The highest BCUT2D eigenvalue weighted by atomic mass is 16.2. The van der Waals surface area contributed by atoms with Gasteiger partial charge in [0.1, 0.15) is 0 Å². The lowest BCUT2D eigenvalue weighted by Crippen LogP contribution is -2.52. The summed E-state index contributed by atoms with van der Waals surface area (Å²) >= 11 is 0. The predicted octanol–water partition coefficient (Wildman–Crippen LogP) is 3.86. The zero-order chi connectivity index (χ0) is 21.1. The summed E-state index contributed by atoms with van der Waals surface area (Å²) in [6, 6.07) is 13.8. The molecule has 0 bridgehead atoms. The number of likely N-dealkylation sites (N-methyl/N-ethyl adjacent to an activating group) is 1. The zero-order valence-corrected chi connectivity index (χ0v) is 17.6. The fraction of sp³-hybridized carbons (Fsp3) is 0.500. The first-order valence-corrected chi connectivity index (χ1v) is 11.1. The van der Waals surface area contributed by atoms with Crippen molar-refractivity contribution in [3.63, 3.8) is 0 Å². The Hall–Kier alpha value is -2.60. The van der Waals surface area contributed by atoms with Crippen LogP contribution >= 0.6 is 0 Å². The molecule has 2 saturated carbocycles. The number of carbonyl (C=O) groups excluding carboxylic acids is 2. The van der Waals surface area contributed by atoms with E-state index in [2.05, 4.69) is 10.6 Å². The molecule has 160 valence electrons. The average molecular weight is 409 g/mol. The molecule has 4 N–H and O–H groups in total. The van der Waals surface area contributed by atoms with E-state index < -0.39 is 6.04 Å². The number of hydrogen-bond acceptors (Lipinski definition) is 3. The van der Waals surface area contributed by atoms with E-state index in [1.165, 1.54) is 6.42 Å². The maximum atomic E-state index is 12.7. The molecular formula is C24H32N4O2. The highest BCUT2D eigenvalue weighted by molar-refractivity contribution is 6.01. The van der Waals surface area contributed by atoms with Crippen LogP contribution in [0.5, 0.6) is 0 Å². The van der Waals surface area contributed by atoms with Crippen LogP contribution in [0.2, 0.25) is 0 Å². The van der Waals surface area contributed by atoms with E-state index in [9.17, 15) is 9.59 Å². The topological polar surface area (TPSA) is 87.5 Å². The van der Waals surface area contributed by atoms with Crippen molar-refractivity contribution >= 4 is 28.4 Å². The van der Waals surface area contributed by atoms with Gasteiger partial charge in [0, 0.05) is 24.5 Å². The summed E-state index contributed by atoms with van der Waals surface area (Å²) < 4.78 is 0. The van der Waals surface area contributed by atoms with Gasteiger partial charge in [0.2, 0.25) is 5.91 Å². The van der Waals surface area contributed by atoms with Gasteiger partial charge in [-0.25, -0.2) is 4.79 Å². The maximum absolute atomic E-state index is 12.7. The lowest BCUT2D eigenvalue weighted by atomic mass is 9.81. The number of nitrogens with one attached hydrogen (secondary N) is 2. The van der Waals surface area contributed by atoms with E-state index in [0.29, 0.717) is 6.04 Å². The Morgan fingerprint density at radius 2 is 1.70 bits per heavy atom. The first-order valence-electron chi connectivity index (χ1n) is 11.1. The Morgan fingerprint density at radius 1 is 1.00 bits per heavy atom. The molecule has 1 atom stereocenters. The molecule has 4 rings (SSSR count). The molecule has 0 spiro atoms. The van der Waals surface area contributed by atoms with Crippen molar-refractivity contribution in [3.8, 4) is 0 Å². The Kier molecular flexibility index (Phi) is 6.23. The van der Waals surface area contributed by atoms with Crippen molar-refractivity contribution in [3.05, 3.63) is 42.5 Å². The second-order valence-corrected chi connectivity index (χ2v) is 8.80. The number of urea groups is 1. The van der Waals surface area contributed by atoms with Crippen LogP contribution in [0, 0.1) is 5.92 Å². The first-order chi connectivity index (χ1) is 14.5. The molecule has 2 fully saturated rings. The highest BCUT2D eigenvalue weighted by Crippen LogP contribution is 2.29. The van der Waals surface area contributed by atoms with Gasteiger partial charge in [-0.3, -0.25) is 4.79 Å². The number of carbonyl (C=O) groups is 2. The van der Waals surface area contributed by atoms with Crippen LogP contribution in [0.1, 0.15) is 44.9 Å². The Labute approximate surface area is 178 Å². The quantitative estimate of drug-likeness (QED) is 0.702. The Balaban J connectivity index is 1.27. The molecule has 0 radical (unpaired) electrons. The molecule has 3 amide bonds. The number of rotatable bonds is 5. The smallest absolute Gasteiger partial charge is 0.319 e. The highest BCUT2D eigenvalue weighted by Gasteiger charge is 2.34. The van der Waals surface area contributed by atoms with Gasteiger partial charge in [-0.2, -0.15) is 0 Å². The Morgan fingerprint density at radius 3 is 2.40 bits per heavy atom. The van der Waals surface area contributed by atoms with Gasteiger partial charge >= 0.3 is 6.03 Å². The summed E-state index contributed by atoms with van der Waals surface area (Å²) in [5.41, 5.74) is 7.13. The molecular weight excluding hydrogens is 376 g/mol. The van der Waals surface area contributed by atoms with Crippen molar-refractivity contribution in [2.45, 2.75) is 63.1 Å². The number of hydrogen-bond donors (Lipinski definition) is 3. The van der Waals surface area contributed by atoms with Crippen molar-refractivity contribution < 1.29 is 9.59 Å². The van der Waals surface area contributed by atoms with E-state index in [1.54, 1.807) is 0 Å². The molecule has 2 aliphatic carbocycles. The summed E-state index contributed by atoms with van der Waals surface area (Å²) in [5, 5.41) is 8.21. The van der Waals surface area contributed by atoms with Crippen LogP contribution in [-0.2, 0) is 4.79 Å². The minimum atomic E-state index is -0.430. The summed E-state index contributed by atoms with van der Waals surface area (Å²) in [7, 11) is 1.89. The van der Waals surface area contributed by atoms with E-state index in [-0.39, 0.29) is 23.9 Å². The third-order valence-corrected chi connectivity index (χ3v) is 6.91. The second kappa shape index (κ2) is 9.04. The van der Waals surface area contributed by atoms with Gasteiger partial charge in [0.15, 0.2) is 0 Å². The predicted molar refractivity (Wildman–Crippen MR) is 120 cm³/mol. The third-order valence-electron chi connectivity index (χ3n) is 6.91. The van der Waals surface area contributed by atoms with Crippen molar-refractivity contribution in [2.75, 3.05) is 12.4 Å². The third kappa shape index (κ3) is 4.43. The van der Waals surface area contributed by atoms with Crippen LogP contribution in [0.3, 0.4) is 0 Å². The molecule has 2 aromatic rings. The van der Waals surface area contributed by atoms with E-state index >= 15 is 0 Å². The second-order valence-electron chi connectivity index (χ2n) is 8.80. The molecule has 30 heavy (non-hydrogen) atoms. The zero-order valence-electron chi connectivity index (χ0n) is 17.6. The molecule has 2 aliphatic rings. The molecule has 0 aromatic heterocycles. The van der Waals surface area contributed by atoms with Crippen molar-refractivity contribution in [1.29, 1.82) is 0 Å². The summed E-state index contributed by atoms with van der Waals surface area (Å²) in [6.45, 7) is 0. The molecule has 0 heterocycles. The van der Waals surface area contributed by atoms with Crippen LogP contribution in [0.15, 0.2) is 42.5 Å². The average Bonchev–Trinajstić information content (AvgIpc) is 2.72. The molecule has 2 aromatic carbocycles.